The average Bonchev–Trinajstić information content (AvgIpc) is 3.38. The summed E-state index contributed by atoms with van der Waals surface area (Å²) >= 11 is 0. The summed E-state index contributed by atoms with van der Waals surface area (Å²) in [5, 5.41) is 0. The van der Waals surface area contributed by atoms with Gasteiger partial charge < -0.3 is 19.0 Å². The van der Waals surface area contributed by atoms with Crippen LogP contribution in [0.15, 0.2) is 47.3 Å². The molecule has 4 heterocycles. The van der Waals surface area contributed by atoms with Crippen LogP contribution in [-0.4, -0.2) is 42.8 Å². The van der Waals surface area contributed by atoms with Crippen molar-refractivity contribution in [3.05, 3.63) is 54.2 Å². The van der Waals surface area contributed by atoms with E-state index >= 15 is 0 Å². The Morgan fingerprint density at radius 3 is 2.70 bits per heavy atom. The van der Waals surface area contributed by atoms with Crippen molar-refractivity contribution in [3.63, 3.8) is 0 Å². The normalized spacial score (nSPS) is 16.6. The van der Waals surface area contributed by atoms with Crippen LogP contribution in [0.3, 0.4) is 0 Å². The third-order valence-electron chi connectivity index (χ3n) is 5.02. The summed E-state index contributed by atoms with van der Waals surface area (Å²) in [6.07, 6.45) is 4.16. The molecule has 138 valence electrons. The van der Waals surface area contributed by atoms with Gasteiger partial charge in [-0.15, -0.1) is 0 Å². The second-order valence-corrected chi connectivity index (χ2v) is 6.67. The van der Waals surface area contributed by atoms with Crippen LogP contribution in [0.4, 0.5) is 21.8 Å². The van der Waals surface area contributed by atoms with Gasteiger partial charge in [0.15, 0.2) is 0 Å². The molecule has 0 bridgehead atoms. The topological polar surface area (TPSA) is 54.6 Å². The molecule has 2 aromatic heterocycles. The summed E-state index contributed by atoms with van der Waals surface area (Å²) in [6, 6.07) is 8.55. The van der Waals surface area contributed by atoms with Crippen molar-refractivity contribution in [2.24, 2.45) is 0 Å². The van der Waals surface area contributed by atoms with E-state index < -0.39 is 0 Å². The molecule has 0 spiro atoms. The first-order valence-electron chi connectivity index (χ1n) is 9.09. The fourth-order valence-corrected chi connectivity index (χ4v) is 3.68. The third kappa shape index (κ3) is 2.94. The minimum absolute atomic E-state index is 0.251. The molecule has 1 saturated heterocycles. The highest BCUT2D eigenvalue weighted by molar-refractivity contribution is 5.76. The first-order chi connectivity index (χ1) is 13.3. The Morgan fingerprint density at radius 2 is 1.93 bits per heavy atom. The average molecular weight is 366 g/mol. The number of aromatic nitrogens is 2. The standard InChI is InChI=1S/C20H19FN4O2/c21-15-2-1-3-16(12-15)25-6-4-17-18(14-5-9-27-13-14)22-20(23-19(17)25)24-7-10-26-11-8-24/h1-3,5,9,12-13H,4,6-8,10-11H2. The van der Waals surface area contributed by atoms with Crippen LogP contribution in [0, 0.1) is 5.82 Å². The number of rotatable bonds is 3. The molecule has 3 aromatic rings. The molecular weight excluding hydrogens is 347 g/mol. The predicted molar refractivity (Wildman–Crippen MR) is 99.9 cm³/mol. The van der Waals surface area contributed by atoms with E-state index in [4.69, 9.17) is 19.1 Å². The smallest absolute Gasteiger partial charge is 0.228 e. The van der Waals surface area contributed by atoms with Crippen LogP contribution in [0.1, 0.15) is 5.56 Å². The number of nitrogens with zero attached hydrogens (tertiary/aromatic N) is 4. The number of benzene rings is 1. The Balaban J connectivity index is 1.64. The lowest BCUT2D eigenvalue weighted by Gasteiger charge is -2.28. The maximum Gasteiger partial charge on any atom is 0.228 e. The Hall–Kier alpha value is -2.93. The highest BCUT2D eigenvalue weighted by Crippen LogP contribution is 2.39. The fraction of sp³-hybridized carbons (Fsp3) is 0.300. The number of hydrogen-bond acceptors (Lipinski definition) is 6. The molecule has 0 unspecified atom stereocenters. The van der Waals surface area contributed by atoms with Crippen LogP contribution in [0.2, 0.25) is 0 Å². The lowest BCUT2D eigenvalue weighted by atomic mass is 10.1. The Morgan fingerprint density at radius 1 is 1.04 bits per heavy atom. The van der Waals surface area contributed by atoms with Crippen molar-refractivity contribution in [3.8, 4) is 11.3 Å². The van der Waals surface area contributed by atoms with E-state index in [-0.39, 0.29) is 5.82 Å². The van der Waals surface area contributed by atoms with Gasteiger partial charge >= 0.3 is 0 Å². The maximum atomic E-state index is 13.8. The van der Waals surface area contributed by atoms with E-state index in [9.17, 15) is 4.39 Å². The van der Waals surface area contributed by atoms with Crippen molar-refractivity contribution >= 4 is 17.5 Å². The summed E-state index contributed by atoms with van der Waals surface area (Å²) in [6.45, 7) is 3.57. The van der Waals surface area contributed by atoms with Crippen molar-refractivity contribution < 1.29 is 13.5 Å². The zero-order chi connectivity index (χ0) is 18.2. The zero-order valence-corrected chi connectivity index (χ0v) is 14.8. The van der Waals surface area contributed by atoms with Gasteiger partial charge in [-0.1, -0.05) is 6.07 Å². The van der Waals surface area contributed by atoms with Gasteiger partial charge in [0, 0.05) is 36.4 Å². The minimum atomic E-state index is -0.251. The minimum Gasteiger partial charge on any atom is -0.472 e. The quantitative estimate of drug-likeness (QED) is 0.708. The van der Waals surface area contributed by atoms with Crippen LogP contribution in [-0.2, 0) is 11.2 Å². The summed E-state index contributed by atoms with van der Waals surface area (Å²) in [5.74, 6) is 1.27. The van der Waals surface area contributed by atoms with E-state index in [0.29, 0.717) is 19.2 Å². The van der Waals surface area contributed by atoms with Gasteiger partial charge in [0.25, 0.3) is 0 Å². The SMILES string of the molecule is Fc1cccc(N2CCc3c(-c4ccoc4)nc(N4CCOCC4)nc32)c1. The van der Waals surface area contributed by atoms with Crippen molar-refractivity contribution in [2.75, 3.05) is 42.6 Å². The van der Waals surface area contributed by atoms with Crippen LogP contribution < -0.4 is 9.80 Å². The lowest BCUT2D eigenvalue weighted by Crippen LogP contribution is -2.37. The predicted octanol–water partition coefficient (Wildman–Crippen LogP) is 3.41. The molecule has 0 aliphatic carbocycles. The molecule has 6 nitrogen and oxygen atoms in total. The van der Waals surface area contributed by atoms with Gasteiger partial charge in [-0.25, -0.2) is 9.37 Å². The number of anilines is 3. The second kappa shape index (κ2) is 6.66. The molecule has 1 fully saturated rings. The van der Waals surface area contributed by atoms with E-state index in [2.05, 4.69) is 9.80 Å². The van der Waals surface area contributed by atoms with E-state index in [1.807, 2.05) is 12.1 Å². The van der Waals surface area contributed by atoms with Gasteiger partial charge in [0.1, 0.15) is 11.6 Å². The molecule has 0 amide bonds. The number of fused-ring (bicyclic) bond motifs is 1. The van der Waals surface area contributed by atoms with Gasteiger partial charge in [-0.2, -0.15) is 4.98 Å². The Kier molecular flexibility index (Phi) is 4.01. The zero-order valence-electron chi connectivity index (χ0n) is 14.8. The first-order valence-corrected chi connectivity index (χ1v) is 9.09. The molecule has 27 heavy (non-hydrogen) atoms. The molecule has 0 atom stereocenters. The van der Waals surface area contributed by atoms with E-state index in [0.717, 1.165) is 54.4 Å². The largest absolute Gasteiger partial charge is 0.472 e. The van der Waals surface area contributed by atoms with Crippen LogP contribution in [0.25, 0.3) is 11.3 Å². The molecule has 1 aromatic carbocycles. The molecule has 0 radical (unpaired) electrons. The van der Waals surface area contributed by atoms with Gasteiger partial charge in [0.05, 0.1) is 31.4 Å². The van der Waals surface area contributed by atoms with Gasteiger partial charge in [-0.05, 0) is 30.7 Å². The summed E-state index contributed by atoms with van der Waals surface area (Å²) in [7, 11) is 0. The molecule has 0 N–H and O–H groups in total. The van der Waals surface area contributed by atoms with Crippen molar-refractivity contribution in [2.45, 2.75) is 6.42 Å². The van der Waals surface area contributed by atoms with Gasteiger partial charge in [0.2, 0.25) is 5.95 Å². The Bertz CT molecular complexity index is 955. The number of furan rings is 1. The van der Waals surface area contributed by atoms with Crippen molar-refractivity contribution in [1.29, 1.82) is 0 Å². The second-order valence-electron chi connectivity index (χ2n) is 6.67. The lowest BCUT2D eigenvalue weighted by molar-refractivity contribution is 0.122. The Labute approximate surface area is 156 Å². The number of morpholine rings is 1. The van der Waals surface area contributed by atoms with Crippen LogP contribution >= 0.6 is 0 Å². The molecule has 2 aliphatic heterocycles. The highest BCUT2D eigenvalue weighted by Gasteiger charge is 2.29. The molecule has 0 saturated carbocycles. The number of ether oxygens (including phenoxy) is 1. The molecular formula is C20H19FN4O2. The maximum absolute atomic E-state index is 13.8. The van der Waals surface area contributed by atoms with Crippen LogP contribution in [0.5, 0.6) is 0 Å². The van der Waals surface area contributed by atoms with E-state index in [1.54, 1.807) is 24.7 Å². The summed E-state index contributed by atoms with van der Waals surface area (Å²) in [4.78, 5) is 13.9. The fourth-order valence-electron chi connectivity index (χ4n) is 3.68. The first kappa shape index (κ1) is 16.3. The molecule has 5 rings (SSSR count). The number of halogens is 1. The number of hydrogen-bond donors (Lipinski definition) is 0. The molecule has 2 aliphatic rings. The third-order valence-corrected chi connectivity index (χ3v) is 5.02. The highest BCUT2D eigenvalue weighted by atomic mass is 19.1. The van der Waals surface area contributed by atoms with Crippen molar-refractivity contribution in [1.82, 2.24) is 9.97 Å². The van der Waals surface area contributed by atoms with Gasteiger partial charge in [-0.3, -0.25) is 0 Å². The monoisotopic (exact) mass is 366 g/mol. The molecule has 7 heteroatoms. The van der Waals surface area contributed by atoms with E-state index in [1.165, 1.54) is 6.07 Å². The summed E-state index contributed by atoms with van der Waals surface area (Å²) in [5.41, 5.74) is 3.69. The summed E-state index contributed by atoms with van der Waals surface area (Å²) < 4.78 is 24.5.